The molecule has 0 aromatic carbocycles. The third kappa shape index (κ3) is 2.67. The highest BCUT2D eigenvalue weighted by atomic mass is 16.3. The monoisotopic (exact) mass is 186 g/mol. The van der Waals surface area contributed by atoms with Crippen LogP contribution in [0.5, 0.6) is 0 Å². The first-order valence-electron chi connectivity index (χ1n) is 4.86. The maximum absolute atomic E-state index is 11.7. The molecule has 1 amide bonds. The molecule has 0 bridgehead atoms. The summed E-state index contributed by atoms with van der Waals surface area (Å²) in [5.41, 5.74) is 0. The number of likely N-dealkylation sites (N-methyl/N-ethyl adjacent to an activating group) is 1. The molecule has 0 saturated carbocycles. The number of aliphatic hydroxyl groups excluding tert-OH is 1. The number of hydrogen-bond acceptors (Lipinski definition) is 3. The van der Waals surface area contributed by atoms with Gasteiger partial charge in [-0.15, -0.1) is 0 Å². The highest BCUT2D eigenvalue weighted by Gasteiger charge is 2.23. The van der Waals surface area contributed by atoms with Crippen LogP contribution in [0.1, 0.15) is 19.3 Å². The van der Waals surface area contributed by atoms with Crippen molar-refractivity contribution in [2.75, 3.05) is 26.7 Å². The SMILES string of the molecule is CNC(CO)C(=O)N1CCCCC1. The van der Waals surface area contributed by atoms with Crippen molar-refractivity contribution in [1.82, 2.24) is 10.2 Å². The zero-order valence-corrected chi connectivity index (χ0v) is 8.12. The lowest BCUT2D eigenvalue weighted by atomic mass is 10.1. The molecule has 1 aliphatic rings. The molecule has 1 saturated heterocycles. The van der Waals surface area contributed by atoms with Gasteiger partial charge in [0.2, 0.25) is 5.91 Å². The first-order valence-corrected chi connectivity index (χ1v) is 4.86. The van der Waals surface area contributed by atoms with Gasteiger partial charge in [-0.1, -0.05) is 0 Å². The largest absolute Gasteiger partial charge is 0.394 e. The minimum Gasteiger partial charge on any atom is -0.394 e. The Labute approximate surface area is 78.9 Å². The van der Waals surface area contributed by atoms with Crippen molar-refractivity contribution in [2.24, 2.45) is 0 Å². The normalized spacial score (nSPS) is 20.0. The van der Waals surface area contributed by atoms with Gasteiger partial charge < -0.3 is 15.3 Å². The molecule has 1 unspecified atom stereocenters. The molecule has 1 rings (SSSR count). The third-order valence-electron chi connectivity index (χ3n) is 2.50. The first kappa shape index (κ1) is 10.5. The molecule has 4 nitrogen and oxygen atoms in total. The fraction of sp³-hybridized carbons (Fsp3) is 0.889. The molecule has 1 aliphatic heterocycles. The summed E-state index contributed by atoms with van der Waals surface area (Å²) in [6.45, 7) is 1.57. The van der Waals surface area contributed by atoms with E-state index in [0.29, 0.717) is 0 Å². The van der Waals surface area contributed by atoms with E-state index in [1.54, 1.807) is 7.05 Å². The maximum atomic E-state index is 11.7. The van der Waals surface area contributed by atoms with E-state index in [1.807, 2.05) is 4.90 Å². The fourth-order valence-corrected chi connectivity index (χ4v) is 1.63. The second kappa shape index (κ2) is 5.19. The Bertz CT molecular complexity index is 163. The highest BCUT2D eigenvalue weighted by molar-refractivity contribution is 5.82. The quantitative estimate of drug-likeness (QED) is 0.629. The van der Waals surface area contributed by atoms with Crippen LogP contribution in [0.15, 0.2) is 0 Å². The summed E-state index contributed by atoms with van der Waals surface area (Å²) in [7, 11) is 1.70. The summed E-state index contributed by atoms with van der Waals surface area (Å²) in [4.78, 5) is 13.5. The second-order valence-electron chi connectivity index (χ2n) is 3.41. The molecule has 4 heteroatoms. The van der Waals surface area contributed by atoms with Crippen molar-refractivity contribution in [2.45, 2.75) is 25.3 Å². The molecule has 0 radical (unpaired) electrons. The average molecular weight is 186 g/mol. The summed E-state index contributed by atoms with van der Waals surface area (Å²) < 4.78 is 0. The number of likely N-dealkylation sites (tertiary alicyclic amines) is 1. The Hall–Kier alpha value is -0.610. The first-order chi connectivity index (χ1) is 6.29. The van der Waals surface area contributed by atoms with Crippen molar-refractivity contribution in [1.29, 1.82) is 0 Å². The molecule has 0 spiro atoms. The summed E-state index contributed by atoms with van der Waals surface area (Å²) in [6, 6.07) is -0.418. The minimum atomic E-state index is -0.418. The van der Waals surface area contributed by atoms with Gasteiger partial charge in [0.1, 0.15) is 6.04 Å². The number of piperidine rings is 1. The number of amides is 1. The fourth-order valence-electron chi connectivity index (χ4n) is 1.63. The Balaban J connectivity index is 2.44. The van der Waals surface area contributed by atoms with Crippen molar-refractivity contribution in [3.8, 4) is 0 Å². The zero-order valence-electron chi connectivity index (χ0n) is 8.12. The van der Waals surface area contributed by atoms with Crippen LogP contribution in [0.2, 0.25) is 0 Å². The van der Waals surface area contributed by atoms with E-state index in [-0.39, 0.29) is 12.5 Å². The third-order valence-corrected chi connectivity index (χ3v) is 2.50. The Morgan fingerprint density at radius 2 is 2.08 bits per heavy atom. The van der Waals surface area contributed by atoms with Crippen molar-refractivity contribution in [3.63, 3.8) is 0 Å². The number of hydrogen-bond donors (Lipinski definition) is 2. The Morgan fingerprint density at radius 1 is 1.46 bits per heavy atom. The molecule has 1 heterocycles. The predicted octanol–water partition coefficient (Wildman–Crippen LogP) is -0.421. The smallest absolute Gasteiger partial charge is 0.242 e. The van der Waals surface area contributed by atoms with E-state index in [9.17, 15) is 4.79 Å². The van der Waals surface area contributed by atoms with Crippen LogP contribution in [0, 0.1) is 0 Å². The zero-order chi connectivity index (χ0) is 9.68. The van der Waals surface area contributed by atoms with Crippen LogP contribution < -0.4 is 5.32 Å². The van der Waals surface area contributed by atoms with Crippen molar-refractivity contribution >= 4 is 5.91 Å². The van der Waals surface area contributed by atoms with E-state index in [0.717, 1.165) is 25.9 Å². The summed E-state index contributed by atoms with van der Waals surface area (Å²) in [5.74, 6) is 0.0321. The number of carbonyl (C=O) groups excluding carboxylic acids is 1. The molecular formula is C9H18N2O2. The van der Waals surface area contributed by atoms with Gasteiger partial charge in [-0.05, 0) is 26.3 Å². The van der Waals surface area contributed by atoms with E-state index in [1.165, 1.54) is 6.42 Å². The van der Waals surface area contributed by atoms with Gasteiger partial charge in [-0.25, -0.2) is 0 Å². The van der Waals surface area contributed by atoms with Crippen molar-refractivity contribution < 1.29 is 9.90 Å². The lowest BCUT2D eigenvalue weighted by Crippen LogP contribution is -2.48. The van der Waals surface area contributed by atoms with Gasteiger partial charge in [-0.2, -0.15) is 0 Å². The number of nitrogens with one attached hydrogen (secondary N) is 1. The van der Waals surface area contributed by atoms with Gasteiger partial charge in [0.05, 0.1) is 6.61 Å². The van der Waals surface area contributed by atoms with Crippen LogP contribution in [-0.4, -0.2) is 48.7 Å². The van der Waals surface area contributed by atoms with Gasteiger partial charge in [0, 0.05) is 13.1 Å². The Kier molecular flexibility index (Phi) is 4.18. The second-order valence-corrected chi connectivity index (χ2v) is 3.41. The summed E-state index contributed by atoms with van der Waals surface area (Å²) in [5, 5.41) is 11.7. The standard InChI is InChI=1S/C9H18N2O2/c1-10-8(7-12)9(13)11-5-3-2-4-6-11/h8,10,12H,2-7H2,1H3. The number of carbonyl (C=O) groups is 1. The number of aliphatic hydroxyl groups is 1. The topological polar surface area (TPSA) is 52.6 Å². The van der Waals surface area contributed by atoms with Crippen LogP contribution in [0.25, 0.3) is 0 Å². The summed E-state index contributed by atoms with van der Waals surface area (Å²) >= 11 is 0. The number of rotatable bonds is 3. The van der Waals surface area contributed by atoms with E-state index >= 15 is 0 Å². The van der Waals surface area contributed by atoms with Gasteiger partial charge in [-0.3, -0.25) is 4.79 Å². The Morgan fingerprint density at radius 3 is 2.54 bits per heavy atom. The van der Waals surface area contributed by atoms with Crippen LogP contribution in [0.4, 0.5) is 0 Å². The summed E-state index contributed by atoms with van der Waals surface area (Å²) in [6.07, 6.45) is 3.40. The highest BCUT2D eigenvalue weighted by Crippen LogP contribution is 2.09. The van der Waals surface area contributed by atoms with E-state index < -0.39 is 6.04 Å². The molecule has 0 aromatic heterocycles. The molecule has 0 aliphatic carbocycles. The van der Waals surface area contributed by atoms with Gasteiger partial charge in [0.25, 0.3) is 0 Å². The van der Waals surface area contributed by atoms with Crippen molar-refractivity contribution in [3.05, 3.63) is 0 Å². The maximum Gasteiger partial charge on any atom is 0.242 e. The molecular weight excluding hydrogens is 168 g/mol. The lowest BCUT2D eigenvalue weighted by molar-refractivity contribution is -0.135. The van der Waals surface area contributed by atoms with E-state index in [4.69, 9.17) is 5.11 Å². The average Bonchev–Trinajstić information content (AvgIpc) is 2.21. The molecule has 13 heavy (non-hydrogen) atoms. The molecule has 2 N–H and O–H groups in total. The minimum absolute atomic E-state index is 0.0321. The predicted molar refractivity (Wildman–Crippen MR) is 50.4 cm³/mol. The van der Waals surface area contributed by atoms with Crippen LogP contribution in [-0.2, 0) is 4.79 Å². The molecule has 0 aromatic rings. The lowest BCUT2D eigenvalue weighted by Gasteiger charge is -2.29. The van der Waals surface area contributed by atoms with Gasteiger partial charge in [0.15, 0.2) is 0 Å². The number of nitrogens with zero attached hydrogens (tertiary/aromatic N) is 1. The molecule has 1 fully saturated rings. The van der Waals surface area contributed by atoms with Crippen LogP contribution >= 0.6 is 0 Å². The van der Waals surface area contributed by atoms with Crippen LogP contribution in [0.3, 0.4) is 0 Å². The molecule has 1 atom stereocenters. The van der Waals surface area contributed by atoms with E-state index in [2.05, 4.69) is 5.32 Å². The van der Waals surface area contributed by atoms with Gasteiger partial charge >= 0.3 is 0 Å². The molecule has 76 valence electrons.